The molecule has 0 saturated carbocycles. The summed E-state index contributed by atoms with van der Waals surface area (Å²) in [6.45, 7) is 7.49. The lowest BCUT2D eigenvalue weighted by atomic mass is 9.81. The van der Waals surface area contributed by atoms with Gasteiger partial charge in [-0.2, -0.15) is 0 Å². The van der Waals surface area contributed by atoms with E-state index in [9.17, 15) is 0 Å². The van der Waals surface area contributed by atoms with Gasteiger partial charge in [-0.05, 0) is 37.6 Å². The summed E-state index contributed by atoms with van der Waals surface area (Å²) in [5, 5.41) is 8.79. The maximum Gasteiger partial charge on any atom is 0.0433 e. The van der Waals surface area contributed by atoms with E-state index in [2.05, 4.69) is 25.8 Å². The molecule has 13 heavy (non-hydrogen) atoms. The summed E-state index contributed by atoms with van der Waals surface area (Å²) < 4.78 is 0. The summed E-state index contributed by atoms with van der Waals surface area (Å²) in [7, 11) is 2.18. The zero-order valence-electron chi connectivity index (χ0n) is 9.16. The molecule has 1 saturated heterocycles. The van der Waals surface area contributed by atoms with Crippen molar-refractivity contribution < 1.29 is 5.11 Å². The lowest BCUT2D eigenvalue weighted by Gasteiger charge is -2.40. The zero-order chi connectivity index (χ0) is 9.84. The van der Waals surface area contributed by atoms with E-state index in [1.165, 1.54) is 19.5 Å². The Bertz CT molecular complexity index is 143. The van der Waals surface area contributed by atoms with Gasteiger partial charge in [0.05, 0.1) is 0 Å². The minimum absolute atomic E-state index is 0.346. The van der Waals surface area contributed by atoms with Crippen LogP contribution < -0.4 is 0 Å². The Morgan fingerprint density at radius 1 is 1.38 bits per heavy atom. The summed E-state index contributed by atoms with van der Waals surface area (Å²) in [5.74, 6) is 2.43. The van der Waals surface area contributed by atoms with Crippen molar-refractivity contribution in [1.82, 2.24) is 4.90 Å². The van der Waals surface area contributed by atoms with Crippen molar-refractivity contribution >= 4 is 0 Å². The minimum atomic E-state index is 0.346. The number of rotatable bonds is 5. The second-order valence-electron chi connectivity index (χ2n) is 4.81. The van der Waals surface area contributed by atoms with Crippen LogP contribution in [0.25, 0.3) is 0 Å². The molecule has 2 heteroatoms. The minimum Gasteiger partial charge on any atom is -0.396 e. The maximum absolute atomic E-state index is 8.79. The highest BCUT2D eigenvalue weighted by Crippen LogP contribution is 2.28. The number of aliphatic hydroxyl groups is 1. The largest absolute Gasteiger partial charge is 0.396 e. The fraction of sp³-hybridized carbons (Fsp3) is 1.00. The molecule has 0 aromatic rings. The van der Waals surface area contributed by atoms with E-state index in [1.807, 2.05) is 0 Å². The molecule has 2 atom stereocenters. The zero-order valence-corrected chi connectivity index (χ0v) is 9.16. The van der Waals surface area contributed by atoms with Crippen molar-refractivity contribution in [2.24, 2.45) is 17.8 Å². The van der Waals surface area contributed by atoms with Gasteiger partial charge >= 0.3 is 0 Å². The second-order valence-corrected chi connectivity index (χ2v) is 4.81. The first kappa shape index (κ1) is 11.0. The third kappa shape index (κ3) is 3.28. The lowest BCUT2D eigenvalue weighted by molar-refractivity contribution is 0.0775. The predicted octanol–water partition coefficient (Wildman–Crippen LogP) is 1.59. The summed E-state index contributed by atoms with van der Waals surface area (Å²) in [4.78, 5) is 2.37. The first-order chi connectivity index (χ1) is 6.13. The molecule has 1 aliphatic heterocycles. The Morgan fingerprint density at radius 2 is 2.00 bits per heavy atom. The Hall–Kier alpha value is -0.0800. The van der Waals surface area contributed by atoms with Crippen LogP contribution >= 0.6 is 0 Å². The van der Waals surface area contributed by atoms with E-state index in [4.69, 9.17) is 5.11 Å². The van der Waals surface area contributed by atoms with Gasteiger partial charge in [0.25, 0.3) is 0 Å². The second kappa shape index (κ2) is 4.97. The molecule has 0 aromatic heterocycles. The highest BCUT2D eigenvalue weighted by molar-refractivity contribution is 4.81. The molecule has 1 N–H and O–H groups in total. The summed E-state index contributed by atoms with van der Waals surface area (Å²) in [6, 6.07) is 0. The molecule has 0 amide bonds. The van der Waals surface area contributed by atoms with Crippen molar-refractivity contribution in [3.63, 3.8) is 0 Å². The molecule has 2 nitrogen and oxygen atoms in total. The number of likely N-dealkylation sites (tertiary alicyclic amines) is 1. The molecule has 2 unspecified atom stereocenters. The van der Waals surface area contributed by atoms with Gasteiger partial charge in [0.15, 0.2) is 0 Å². The molecule has 78 valence electrons. The summed E-state index contributed by atoms with van der Waals surface area (Å²) in [5.41, 5.74) is 0. The Labute approximate surface area is 81.9 Å². The first-order valence-corrected chi connectivity index (χ1v) is 5.43. The van der Waals surface area contributed by atoms with E-state index in [-0.39, 0.29) is 0 Å². The third-order valence-electron chi connectivity index (χ3n) is 3.29. The van der Waals surface area contributed by atoms with Gasteiger partial charge in [0.1, 0.15) is 0 Å². The first-order valence-electron chi connectivity index (χ1n) is 5.43. The maximum atomic E-state index is 8.79. The molecular formula is C11H23NO. The molecule has 0 bridgehead atoms. The van der Waals surface area contributed by atoms with Crippen LogP contribution in [0.1, 0.15) is 26.7 Å². The van der Waals surface area contributed by atoms with Crippen molar-refractivity contribution in [3.05, 3.63) is 0 Å². The van der Waals surface area contributed by atoms with E-state index >= 15 is 0 Å². The quantitative estimate of drug-likeness (QED) is 0.703. The van der Waals surface area contributed by atoms with Gasteiger partial charge in [-0.1, -0.05) is 13.8 Å². The fourth-order valence-corrected chi connectivity index (χ4v) is 2.27. The molecule has 1 fully saturated rings. The number of hydrogen-bond acceptors (Lipinski definition) is 2. The van der Waals surface area contributed by atoms with Crippen LogP contribution in [0.3, 0.4) is 0 Å². The summed E-state index contributed by atoms with van der Waals surface area (Å²) >= 11 is 0. The van der Waals surface area contributed by atoms with Gasteiger partial charge in [-0.3, -0.25) is 0 Å². The molecule has 0 radical (unpaired) electrons. The Kier molecular flexibility index (Phi) is 4.20. The van der Waals surface area contributed by atoms with E-state index in [0.29, 0.717) is 12.5 Å². The van der Waals surface area contributed by atoms with Crippen LogP contribution in [0.5, 0.6) is 0 Å². The molecule has 0 aromatic carbocycles. The van der Waals surface area contributed by atoms with E-state index < -0.39 is 0 Å². The van der Waals surface area contributed by atoms with Crippen molar-refractivity contribution in [1.29, 1.82) is 0 Å². The van der Waals surface area contributed by atoms with Crippen LogP contribution in [0, 0.1) is 17.8 Å². The van der Waals surface area contributed by atoms with Gasteiger partial charge < -0.3 is 10.0 Å². The topological polar surface area (TPSA) is 23.5 Å². The molecule has 1 heterocycles. The summed E-state index contributed by atoms with van der Waals surface area (Å²) in [6.07, 6.45) is 2.24. The Morgan fingerprint density at radius 3 is 2.46 bits per heavy atom. The number of hydrogen-bond donors (Lipinski definition) is 1. The van der Waals surface area contributed by atoms with E-state index in [0.717, 1.165) is 18.3 Å². The highest BCUT2D eigenvalue weighted by Gasteiger charge is 2.28. The fourth-order valence-electron chi connectivity index (χ4n) is 2.27. The number of nitrogens with zero attached hydrogens (tertiary/aromatic N) is 1. The van der Waals surface area contributed by atoms with Crippen LogP contribution in [0.15, 0.2) is 0 Å². The van der Waals surface area contributed by atoms with Gasteiger partial charge in [0.2, 0.25) is 0 Å². The third-order valence-corrected chi connectivity index (χ3v) is 3.29. The van der Waals surface area contributed by atoms with Crippen LogP contribution in [0.4, 0.5) is 0 Å². The predicted molar refractivity (Wildman–Crippen MR) is 55.6 cm³/mol. The van der Waals surface area contributed by atoms with Crippen LogP contribution in [-0.2, 0) is 0 Å². The van der Waals surface area contributed by atoms with Crippen LogP contribution in [-0.4, -0.2) is 36.8 Å². The van der Waals surface area contributed by atoms with Gasteiger partial charge in [0, 0.05) is 19.7 Å². The Balaban J connectivity index is 2.13. The van der Waals surface area contributed by atoms with Gasteiger partial charge in [-0.25, -0.2) is 0 Å². The number of aliphatic hydroxyl groups excluding tert-OH is 1. The monoisotopic (exact) mass is 185 g/mol. The average molecular weight is 185 g/mol. The molecule has 0 aliphatic carbocycles. The normalized spacial score (nSPS) is 24.0. The van der Waals surface area contributed by atoms with E-state index in [1.54, 1.807) is 0 Å². The average Bonchev–Trinajstić information content (AvgIpc) is 1.99. The molecule has 1 aliphatic rings. The van der Waals surface area contributed by atoms with Crippen molar-refractivity contribution in [2.75, 3.05) is 26.7 Å². The molecule has 0 spiro atoms. The standard InChI is InChI=1S/C11H23NO/c1-9(4-5-13)6-10(2)11-7-12(3)8-11/h9-11,13H,4-8H2,1-3H3. The van der Waals surface area contributed by atoms with Crippen molar-refractivity contribution in [2.45, 2.75) is 26.7 Å². The van der Waals surface area contributed by atoms with Crippen LogP contribution in [0.2, 0.25) is 0 Å². The van der Waals surface area contributed by atoms with Crippen molar-refractivity contribution in [3.8, 4) is 0 Å². The molecular weight excluding hydrogens is 162 g/mol. The van der Waals surface area contributed by atoms with Gasteiger partial charge in [-0.15, -0.1) is 0 Å². The molecule has 1 rings (SSSR count). The highest BCUT2D eigenvalue weighted by atomic mass is 16.3. The lowest BCUT2D eigenvalue weighted by Crippen LogP contribution is -2.47. The SMILES string of the molecule is CC(CCO)CC(C)C1CN(C)C1. The smallest absolute Gasteiger partial charge is 0.0433 e.